The van der Waals surface area contributed by atoms with E-state index in [0.717, 1.165) is 18.8 Å². The highest BCUT2D eigenvalue weighted by molar-refractivity contribution is 5.69. The number of hydrogen-bond donors (Lipinski definition) is 1. The van der Waals surface area contributed by atoms with Crippen molar-refractivity contribution in [3.8, 4) is 0 Å². The minimum Gasteiger partial charge on any atom is -0.481 e. The first-order valence-corrected chi connectivity index (χ1v) is 5.63. The fourth-order valence-corrected chi connectivity index (χ4v) is 2.44. The van der Waals surface area contributed by atoms with Crippen LogP contribution in [0.3, 0.4) is 0 Å². The summed E-state index contributed by atoms with van der Waals surface area (Å²) < 4.78 is 0. The minimum atomic E-state index is -0.651. The van der Waals surface area contributed by atoms with Crippen molar-refractivity contribution in [2.24, 2.45) is 17.3 Å². The maximum atomic E-state index is 10.6. The van der Waals surface area contributed by atoms with Crippen LogP contribution in [-0.4, -0.2) is 11.1 Å². The second-order valence-electron chi connectivity index (χ2n) is 5.59. The molecule has 1 aliphatic carbocycles. The molecule has 0 aromatic heterocycles. The number of rotatable bonds is 4. The highest BCUT2D eigenvalue weighted by Gasteiger charge is 2.30. The summed E-state index contributed by atoms with van der Waals surface area (Å²) in [7, 11) is 0. The van der Waals surface area contributed by atoms with Crippen LogP contribution in [0.1, 0.15) is 52.9 Å². The maximum absolute atomic E-state index is 10.6. The molecule has 0 amide bonds. The molecule has 1 N–H and O–H groups in total. The lowest BCUT2D eigenvalue weighted by atomic mass is 9.88. The number of aliphatic carboxylic acids is 1. The molecule has 1 rings (SSSR count). The quantitative estimate of drug-likeness (QED) is 0.752. The van der Waals surface area contributed by atoms with Crippen LogP contribution in [0.25, 0.3) is 0 Å². The second kappa shape index (κ2) is 4.33. The molecule has 14 heavy (non-hydrogen) atoms. The molecule has 1 aliphatic rings. The SMILES string of the molecule is CC(CCC1CCC(C)(C)C1)C(=O)O. The van der Waals surface area contributed by atoms with E-state index in [2.05, 4.69) is 13.8 Å². The molecule has 0 bridgehead atoms. The van der Waals surface area contributed by atoms with Gasteiger partial charge in [-0.15, -0.1) is 0 Å². The molecule has 0 aliphatic heterocycles. The van der Waals surface area contributed by atoms with Crippen molar-refractivity contribution in [1.82, 2.24) is 0 Å². The Labute approximate surface area is 86.7 Å². The van der Waals surface area contributed by atoms with Gasteiger partial charge in [0.15, 0.2) is 0 Å². The standard InChI is InChI=1S/C12H22O2/c1-9(11(13)14)4-5-10-6-7-12(2,3)8-10/h9-10H,4-8H2,1-3H3,(H,13,14). The lowest BCUT2D eigenvalue weighted by Crippen LogP contribution is -2.11. The molecule has 0 aromatic rings. The van der Waals surface area contributed by atoms with Crippen molar-refractivity contribution in [3.63, 3.8) is 0 Å². The van der Waals surface area contributed by atoms with Gasteiger partial charge in [-0.1, -0.05) is 20.8 Å². The van der Waals surface area contributed by atoms with Gasteiger partial charge in [0.1, 0.15) is 0 Å². The molecular formula is C12H22O2. The number of carboxylic acids is 1. The van der Waals surface area contributed by atoms with Gasteiger partial charge in [0.05, 0.1) is 5.92 Å². The van der Waals surface area contributed by atoms with E-state index in [4.69, 9.17) is 5.11 Å². The van der Waals surface area contributed by atoms with Gasteiger partial charge in [-0.05, 0) is 43.4 Å². The van der Waals surface area contributed by atoms with E-state index in [1.54, 1.807) is 0 Å². The Bertz CT molecular complexity index is 208. The van der Waals surface area contributed by atoms with Crippen LogP contribution >= 0.6 is 0 Å². The third-order valence-corrected chi connectivity index (χ3v) is 3.50. The number of hydrogen-bond acceptors (Lipinski definition) is 1. The predicted molar refractivity (Wildman–Crippen MR) is 57.2 cm³/mol. The van der Waals surface area contributed by atoms with E-state index in [9.17, 15) is 4.79 Å². The zero-order valence-electron chi connectivity index (χ0n) is 9.55. The number of carboxylic acid groups (broad SMARTS) is 1. The van der Waals surface area contributed by atoms with E-state index in [-0.39, 0.29) is 5.92 Å². The van der Waals surface area contributed by atoms with Crippen molar-refractivity contribution < 1.29 is 9.90 Å². The van der Waals surface area contributed by atoms with Gasteiger partial charge >= 0.3 is 5.97 Å². The van der Waals surface area contributed by atoms with E-state index < -0.39 is 5.97 Å². The summed E-state index contributed by atoms with van der Waals surface area (Å²) in [6, 6.07) is 0. The molecule has 0 saturated heterocycles. The summed E-state index contributed by atoms with van der Waals surface area (Å²) in [5.41, 5.74) is 0.497. The van der Waals surface area contributed by atoms with Crippen molar-refractivity contribution in [2.75, 3.05) is 0 Å². The molecule has 2 heteroatoms. The fourth-order valence-electron chi connectivity index (χ4n) is 2.44. The van der Waals surface area contributed by atoms with Crippen LogP contribution in [-0.2, 0) is 4.79 Å². The average Bonchev–Trinajstić information content (AvgIpc) is 2.41. The zero-order valence-corrected chi connectivity index (χ0v) is 9.55. The summed E-state index contributed by atoms with van der Waals surface area (Å²) in [6.45, 7) is 6.43. The highest BCUT2D eigenvalue weighted by Crippen LogP contribution is 2.43. The topological polar surface area (TPSA) is 37.3 Å². The summed E-state index contributed by atoms with van der Waals surface area (Å²) in [4.78, 5) is 10.6. The molecule has 82 valence electrons. The maximum Gasteiger partial charge on any atom is 0.306 e. The molecule has 0 spiro atoms. The van der Waals surface area contributed by atoms with Gasteiger partial charge in [0, 0.05) is 0 Å². The first-order valence-electron chi connectivity index (χ1n) is 5.63. The Morgan fingerprint density at radius 2 is 2.21 bits per heavy atom. The van der Waals surface area contributed by atoms with E-state index in [1.165, 1.54) is 19.3 Å². The Morgan fingerprint density at radius 3 is 2.64 bits per heavy atom. The van der Waals surface area contributed by atoms with Gasteiger partial charge in [0.2, 0.25) is 0 Å². The third kappa shape index (κ3) is 3.32. The van der Waals surface area contributed by atoms with Gasteiger partial charge in [-0.25, -0.2) is 0 Å². The van der Waals surface area contributed by atoms with Crippen LogP contribution in [0.15, 0.2) is 0 Å². The Hall–Kier alpha value is -0.530. The summed E-state index contributed by atoms with van der Waals surface area (Å²) >= 11 is 0. The minimum absolute atomic E-state index is 0.168. The monoisotopic (exact) mass is 198 g/mol. The van der Waals surface area contributed by atoms with Crippen LogP contribution in [0, 0.1) is 17.3 Å². The van der Waals surface area contributed by atoms with Gasteiger partial charge in [-0.2, -0.15) is 0 Å². The Morgan fingerprint density at radius 1 is 1.57 bits per heavy atom. The van der Waals surface area contributed by atoms with Gasteiger partial charge in [-0.3, -0.25) is 4.79 Å². The molecule has 0 heterocycles. The van der Waals surface area contributed by atoms with Gasteiger partial charge in [0.25, 0.3) is 0 Å². The fraction of sp³-hybridized carbons (Fsp3) is 0.917. The Kier molecular flexibility index (Phi) is 3.57. The van der Waals surface area contributed by atoms with Crippen LogP contribution < -0.4 is 0 Å². The van der Waals surface area contributed by atoms with Crippen molar-refractivity contribution >= 4 is 5.97 Å². The van der Waals surface area contributed by atoms with E-state index in [1.807, 2.05) is 6.92 Å². The van der Waals surface area contributed by atoms with Crippen molar-refractivity contribution in [1.29, 1.82) is 0 Å². The second-order valence-corrected chi connectivity index (χ2v) is 5.59. The summed E-state index contributed by atoms with van der Waals surface area (Å²) in [5.74, 6) is -0.0484. The summed E-state index contributed by atoms with van der Waals surface area (Å²) in [6.07, 6.45) is 5.81. The molecule has 0 aromatic carbocycles. The normalized spacial score (nSPS) is 27.5. The first kappa shape index (κ1) is 11.5. The van der Waals surface area contributed by atoms with Crippen LogP contribution in [0.2, 0.25) is 0 Å². The zero-order chi connectivity index (χ0) is 10.8. The van der Waals surface area contributed by atoms with Crippen molar-refractivity contribution in [2.45, 2.75) is 52.9 Å². The highest BCUT2D eigenvalue weighted by atomic mass is 16.4. The van der Waals surface area contributed by atoms with Crippen LogP contribution in [0.4, 0.5) is 0 Å². The smallest absolute Gasteiger partial charge is 0.306 e. The average molecular weight is 198 g/mol. The molecule has 2 atom stereocenters. The molecule has 2 nitrogen and oxygen atoms in total. The van der Waals surface area contributed by atoms with E-state index in [0.29, 0.717) is 5.41 Å². The van der Waals surface area contributed by atoms with Crippen LogP contribution in [0.5, 0.6) is 0 Å². The molecule has 0 radical (unpaired) electrons. The molecular weight excluding hydrogens is 176 g/mol. The van der Waals surface area contributed by atoms with E-state index >= 15 is 0 Å². The van der Waals surface area contributed by atoms with Gasteiger partial charge < -0.3 is 5.11 Å². The summed E-state index contributed by atoms with van der Waals surface area (Å²) in [5, 5.41) is 8.76. The molecule has 2 unspecified atom stereocenters. The number of carbonyl (C=O) groups is 1. The predicted octanol–water partition coefficient (Wildman–Crippen LogP) is 3.31. The van der Waals surface area contributed by atoms with Crippen molar-refractivity contribution in [3.05, 3.63) is 0 Å². The largest absolute Gasteiger partial charge is 0.481 e. The molecule has 1 fully saturated rings. The lowest BCUT2D eigenvalue weighted by Gasteiger charge is -2.17. The Balaban J connectivity index is 2.24. The third-order valence-electron chi connectivity index (χ3n) is 3.50. The first-order chi connectivity index (χ1) is 6.41. The lowest BCUT2D eigenvalue weighted by molar-refractivity contribution is -0.141. The molecule has 1 saturated carbocycles.